The van der Waals surface area contributed by atoms with E-state index in [0.29, 0.717) is 0 Å². The number of rotatable bonds is 13. The Labute approximate surface area is 171 Å². The molecule has 0 spiro atoms. The van der Waals surface area contributed by atoms with E-state index in [1.807, 2.05) is 37.3 Å². The average molecular weight is 408 g/mol. The van der Waals surface area contributed by atoms with Gasteiger partial charge in [-0.25, -0.2) is 0 Å². The lowest BCUT2D eigenvalue weighted by molar-refractivity contribution is -0.158. The highest BCUT2D eigenvalue weighted by Crippen LogP contribution is 2.15. The number of hydrogen-bond acceptors (Lipinski definition) is 6. The molecule has 8 heteroatoms. The summed E-state index contributed by atoms with van der Waals surface area (Å²) in [5.41, 5.74) is 3.25. The van der Waals surface area contributed by atoms with Crippen LogP contribution >= 0.6 is 0 Å². The molecule has 0 saturated carbocycles. The Morgan fingerprint density at radius 1 is 1.14 bits per heavy atom. The predicted molar refractivity (Wildman–Crippen MR) is 108 cm³/mol. The molecule has 4 N–H and O–H groups in total. The maximum absolute atomic E-state index is 12.4. The third kappa shape index (κ3) is 9.54. The number of amides is 1. The van der Waals surface area contributed by atoms with Gasteiger partial charge in [-0.3, -0.25) is 14.4 Å². The van der Waals surface area contributed by atoms with E-state index in [4.69, 9.17) is 9.94 Å². The minimum Gasteiger partial charge on any atom is -0.480 e. The fourth-order valence-corrected chi connectivity index (χ4v) is 2.68. The van der Waals surface area contributed by atoms with Gasteiger partial charge in [0.1, 0.15) is 12.1 Å². The topological polar surface area (TPSA) is 125 Å². The maximum Gasteiger partial charge on any atom is 0.327 e. The highest BCUT2D eigenvalue weighted by molar-refractivity contribution is 5.87. The molecule has 29 heavy (non-hydrogen) atoms. The fraction of sp³-hybridized carbons (Fsp3) is 0.571. The van der Waals surface area contributed by atoms with E-state index in [0.717, 1.165) is 24.8 Å². The summed E-state index contributed by atoms with van der Waals surface area (Å²) in [6, 6.07) is 7.01. The van der Waals surface area contributed by atoms with Crippen molar-refractivity contribution in [2.45, 2.75) is 71.1 Å². The van der Waals surface area contributed by atoms with Gasteiger partial charge in [-0.2, -0.15) is 0 Å². The molecule has 0 unspecified atom stereocenters. The first-order chi connectivity index (χ1) is 13.7. The molecule has 8 nitrogen and oxygen atoms in total. The quantitative estimate of drug-likeness (QED) is 0.367. The first kappa shape index (κ1) is 24.6. The van der Waals surface area contributed by atoms with E-state index in [2.05, 4.69) is 17.7 Å². The number of hydroxylamine groups is 1. The number of aliphatic hydroxyl groups is 1. The third-order valence-corrected chi connectivity index (χ3v) is 4.69. The van der Waals surface area contributed by atoms with Crippen LogP contribution in [-0.2, 0) is 25.6 Å². The zero-order valence-corrected chi connectivity index (χ0v) is 17.3. The summed E-state index contributed by atoms with van der Waals surface area (Å²) in [5, 5.41) is 21.5. The smallest absolute Gasteiger partial charge is 0.327 e. The van der Waals surface area contributed by atoms with Crippen molar-refractivity contribution < 1.29 is 29.4 Å². The summed E-state index contributed by atoms with van der Waals surface area (Å²) in [5.74, 6) is -2.49. The van der Waals surface area contributed by atoms with E-state index < -0.39 is 36.0 Å². The van der Waals surface area contributed by atoms with Gasteiger partial charge in [0.2, 0.25) is 5.91 Å². The van der Waals surface area contributed by atoms with Gasteiger partial charge in [-0.15, -0.1) is 5.48 Å². The van der Waals surface area contributed by atoms with Crippen molar-refractivity contribution in [2.24, 2.45) is 5.92 Å². The van der Waals surface area contributed by atoms with Crippen molar-refractivity contribution in [1.29, 1.82) is 0 Å². The van der Waals surface area contributed by atoms with Crippen LogP contribution in [0.25, 0.3) is 0 Å². The van der Waals surface area contributed by atoms with Crippen LogP contribution in [0.15, 0.2) is 30.3 Å². The zero-order valence-electron chi connectivity index (χ0n) is 17.3. The van der Waals surface area contributed by atoms with Crippen molar-refractivity contribution in [3.8, 4) is 0 Å². The second-order valence-corrected chi connectivity index (χ2v) is 7.29. The first-order valence-corrected chi connectivity index (χ1v) is 9.94. The lowest BCUT2D eigenvalue weighted by Crippen LogP contribution is -2.50. The number of carboxylic acid groups (broad SMARTS) is 1. The standard InChI is InChI=1S/C21H32N2O6/c1-4-5-9-14(2)18(24)13-19(25)29-23-17(12-16-10-7-6-8-11-16)20(26)22-15(3)21(27)28/h6-8,10-11,14-15,17-18,23-24H,4-5,9,12-13H2,1-3H3,(H,22,26)(H,27,28)/t14-,15-,17-,18-/m0/s1. The first-order valence-electron chi connectivity index (χ1n) is 9.94. The van der Waals surface area contributed by atoms with Crippen molar-refractivity contribution >= 4 is 17.8 Å². The molecule has 0 aromatic heterocycles. The van der Waals surface area contributed by atoms with Crippen molar-refractivity contribution in [3.05, 3.63) is 35.9 Å². The number of hydrogen-bond donors (Lipinski definition) is 4. The number of carbonyl (C=O) groups is 3. The predicted octanol–water partition coefficient (Wildman–Crippen LogP) is 1.81. The largest absolute Gasteiger partial charge is 0.480 e. The Morgan fingerprint density at radius 2 is 1.79 bits per heavy atom. The molecular formula is C21H32N2O6. The van der Waals surface area contributed by atoms with Gasteiger partial charge in [-0.1, -0.05) is 57.0 Å². The Balaban J connectivity index is 2.67. The molecule has 1 aromatic rings. The Hall–Kier alpha value is -2.45. The minimum absolute atomic E-state index is 0.0395. The second kappa shape index (κ2) is 12.9. The number of nitrogens with one attached hydrogen (secondary N) is 2. The van der Waals surface area contributed by atoms with Gasteiger partial charge < -0.3 is 20.4 Å². The van der Waals surface area contributed by atoms with Crippen molar-refractivity contribution in [1.82, 2.24) is 10.8 Å². The molecule has 162 valence electrons. The average Bonchev–Trinajstić information content (AvgIpc) is 2.69. The van der Waals surface area contributed by atoms with E-state index in [-0.39, 0.29) is 18.8 Å². The van der Waals surface area contributed by atoms with Crippen LogP contribution in [0.1, 0.15) is 52.0 Å². The Kier molecular flexibility index (Phi) is 10.9. The summed E-state index contributed by atoms with van der Waals surface area (Å²) in [6.45, 7) is 5.28. The van der Waals surface area contributed by atoms with Crippen LogP contribution in [0.5, 0.6) is 0 Å². The molecule has 0 aliphatic rings. The lowest BCUT2D eigenvalue weighted by atomic mass is 9.96. The molecule has 1 aromatic carbocycles. The Morgan fingerprint density at radius 3 is 2.38 bits per heavy atom. The maximum atomic E-state index is 12.4. The van der Waals surface area contributed by atoms with E-state index in [9.17, 15) is 19.5 Å². The summed E-state index contributed by atoms with van der Waals surface area (Å²) < 4.78 is 0. The summed E-state index contributed by atoms with van der Waals surface area (Å²) in [4.78, 5) is 40.5. The van der Waals surface area contributed by atoms with Crippen molar-refractivity contribution in [2.75, 3.05) is 0 Å². The number of aliphatic carboxylic acids is 1. The normalized spacial score (nSPS) is 15.0. The molecule has 0 heterocycles. The molecular weight excluding hydrogens is 376 g/mol. The van der Waals surface area contributed by atoms with Crippen LogP contribution in [0.2, 0.25) is 0 Å². The minimum atomic E-state index is -1.17. The summed E-state index contributed by atoms with van der Waals surface area (Å²) >= 11 is 0. The SMILES string of the molecule is CCCC[C@H](C)[C@@H](O)CC(=O)ON[C@@H](Cc1ccccc1)C(=O)N[C@@H](C)C(=O)O. The van der Waals surface area contributed by atoms with Crippen LogP contribution in [0, 0.1) is 5.92 Å². The van der Waals surface area contributed by atoms with Gasteiger partial charge in [0, 0.05) is 0 Å². The number of carboxylic acids is 1. The molecule has 0 aliphatic carbocycles. The monoisotopic (exact) mass is 408 g/mol. The number of unbranched alkanes of at least 4 members (excludes halogenated alkanes) is 1. The van der Waals surface area contributed by atoms with Crippen molar-refractivity contribution in [3.63, 3.8) is 0 Å². The number of benzene rings is 1. The van der Waals surface area contributed by atoms with Gasteiger partial charge in [-0.05, 0) is 31.2 Å². The third-order valence-electron chi connectivity index (χ3n) is 4.69. The van der Waals surface area contributed by atoms with Crippen LogP contribution in [0.3, 0.4) is 0 Å². The van der Waals surface area contributed by atoms with Crippen LogP contribution in [0.4, 0.5) is 0 Å². The molecule has 1 rings (SSSR count). The molecule has 0 saturated heterocycles. The number of carbonyl (C=O) groups excluding carboxylic acids is 2. The van der Waals surface area contributed by atoms with E-state index in [1.54, 1.807) is 0 Å². The van der Waals surface area contributed by atoms with E-state index >= 15 is 0 Å². The van der Waals surface area contributed by atoms with Crippen LogP contribution in [-0.4, -0.2) is 46.2 Å². The lowest BCUT2D eigenvalue weighted by Gasteiger charge is -2.21. The fourth-order valence-electron chi connectivity index (χ4n) is 2.68. The Bertz CT molecular complexity index is 652. The van der Waals surface area contributed by atoms with E-state index in [1.165, 1.54) is 6.92 Å². The van der Waals surface area contributed by atoms with Gasteiger partial charge in [0.25, 0.3) is 0 Å². The molecule has 4 atom stereocenters. The summed E-state index contributed by atoms with van der Waals surface area (Å²) in [7, 11) is 0. The van der Waals surface area contributed by atoms with Gasteiger partial charge >= 0.3 is 11.9 Å². The molecule has 0 bridgehead atoms. The highest BCUT2D eigenvalue weighted by atomic mass is 16.7. The van der Waals surface area contributed by atoms with Gasteiger partial charge in [0.05, 0.1) is 12.5 Å². The highest BCUT2D eigenvalue weighted by Gasteiger charge is 2.25. The second-order valence-electron chi connectivity index (χ2n) is 7.29. The van der Waals surface area contributed by atoms with Crippen LogP contribution < -0.4 is 10.8 Å². The zero-order chi connectivity index (χ0) is 21.8. The van der Waals surface area contributed by atoms with Gasteiger partial charge in [0.15, 0.2) is 0 Å². The molecule has 1 amide bonds. The molecule has 0 radical (unpaired) electrons. The molecule has 0 aliphatic heterocycles. The number of aliphatic hydroxyl groups excluding tert-OH is 1. The summed E-state index contributed by atoms with van der Waals surface area (Å²) in [6.07, 6.45) is 1.96. The molecule has 0 fully saturated rings.